The molecule has 11 heteroatoms. The smallest absolute Gasteiger partial charge is 0.337 e. The zero-order valence-electron chi connectivity index (χ0n) is 20.5. The lowest BCUT2D eigenvalue weighted by molar-refractivity contribution is -0.140. The molecule has 0 spiro atoms. The summed E-state index contributed by atoms with van der Waals surface area (Å²) in [6.45, 7) is 0.0371. The maximum atomic E-state index is 12.9. The number of methoxy groups -OCH3 is 2. The van der Waals surface area contributed by atoms with Gasteiger partial charge < -0.3 is 19.5 Å². The first-order valence-corrected chi connectivity index (χ1v) is 11.4. The molecule has 0 aromatic heterocycles. The third-order valence-electron chi connectivity index (χ3n) is 5.64. The van der Waals surface area contributed by atoms with Crippen molar-refractivity contribution in [3.05, 3.63) is 89.0 Å². The van der Waals surface area contributed by atoms with Crippen LogP contribution in [0.15, 0.2) is 66.7 Å². The molecule has 0 aliphatic carbocycles. The van der Waals surface area contributed by atoms with Gasteiger partial charge in [-0.2, -0.15) is 0 Å². The monoisotopic (exact) mass is 517 g/mol. The van der Waals surface area contributed by atoms with Gasteiger partial charge in [0.15, 0.2) is 0 Å². The standard InChI is InChI=1S/C27H23N3O8/c1-36-22-12-5-17(15-30-25(33)24(32)29-27(30)35)13-21(22)23(31)28-14-16-3-8-19(9-4-16)38-20-10-6-18(7-11-20)26(34)37-2/h3-13H,14-15H2,1-2H3,(H,28,31)(H,29,32,35). The molecule has 1 aliphatic heterocycles. The lowest BCUT2D eigenvalue weighted by atomic mass is 10.1. The molecule has 38 heavy (non-hydrogen) atoms. The molecule has 0 unspecified atom stereocenters. The van der Waals surface area contributed by atoms with Gasteiger partial charge in [0.2, 0.25) is 0 Å². The Morgan fingerprint density at radius 2 is 1.50 bits per heavy atom. The van der Waals surface area contributed by atoms with Gasteiger partial charge in [0.25, 0.3) is 5.91 Å². The minimum Gasteiger partial charge on any atom is -0.496 e. The highest BCUT2D eigenvalue weighted by Gasteiger charge is 2.36. The molecule has 0 radical (unpaired) electrons. The van der Waals surface area contributed by atoms with Crippen LogP contribution in [0.3, 0.4) is 0 Å². The normalized spacial score (nSPS) is 12.7. The van der Waals surface area contributed by atoms with Gasteiger partial charge in [0.1, 0.15) is 17.2 Å². The van der Waals surface area contributed by atoms with Crippen molar-refractivity contribution in [2.75, 3.05) is 14.2 Å². The maximum absolute atomic E-state index is 12.9. The third-order valence-corrected chi connectivity index (χ3v) is 5.64. The van der Waals surface area contributed by atoms with E-state index in [1.807, 2.05) is 5.32 Å². The lowest BCUT2D eigenvalue weighted by Crippen LogP contribution is -2.30. The molecule has 3 aromatic carbocycles. The molecule has 5 amide bonds. The lowest BCUT2D eigenvalue weighted by Gasteiger charge is -2.14. The Kier molecular flexibility index (Phi) is 7.66. The Morgan fingerprint density at radius 3 is 2.08 bits per heavy atom. The average Bonchev–Trinajstić information content (AvgIpc) is 3.18. The van der Waals surface area contributed by atoms with Crippen molar-refractivity contribution in [3.8, 4) is 17.2 Å². The molecule has 1 fully saturated rings. The molecule has 3 aromatic rings. The molecule has 1 heterocycles. The van der Waals surface area contributed by atoms with E-state index < -0.39 is 29.7 Å². The topological polar surface area (TPSA) is 140 Å². The van der Waals surface area contributed by atoms with E-state index in [1.165, 1.54) is 20.3 Å². The summed E-state index contributed by atoms with van der Waals surface area (Å²) in [6, 6.07) is 17.4. The minimum atomic E-state index is -0.991. The van der Waals surface area contributed by atoms with Crippen LogP contribution in [0.25, 0.3) is 0 Å². The number of hydrogen-bond acceptors (Lipinski definition) is 8. The molecule has 0 atom stereocenters. The van der Waals surface area contributed by atoms with E-state index in [9.17, 15) is 24.0 Å². The summed E-state index contributed by atoms with van der Waals surface area (Å²) in [5.74, 6) is -1.39. The molecule has 194 valence electrons. The molecule has 11 nitrogen and oxygen atoms in total. The van der Waals surface area contributed by atoms with Crippen molar-refractivity contribution in [1.29, 1.82) is 0 Å². The fourth-order valence-electron chi connectivity index (χ4n) is 3.66. The first-order chi connectivity index (χ1) is 18.3. The van der Waals surface area contributed by atoms with E-state index in [2.05, 4.69) is 10.1 Å². The quantitative estimate of drug-likeness (QED) is 0.251. The number of carbonyl (C=O) groups excluding carboxylic acids is 5. The molecule has 4 rings (SSSR count). The van der Waals surface area contributed by atoms with E-state index in [-0.39, 0.29) is 18.7 Å². The summed E-state index contributed by atoms with van der Waals surface area (Å²) in [5, 5.41) is 4.74. The number of nitrogens with one attached hydrogen (secondary N) is 2. The second-order valence-electron chi connectivity index (χ2n) is 8.13. The number of nitrogens with zero attached hydrogens (tertiary/aromatic N) is 1. The fourth-order valence-corrected chi connectivity index (χ4v) is 3.66. The highest BCUT2D eigenvalue weighted by molar-refractivity contribution is 6.44. The highest BCUT2D eigenvalue weighted by atomic mass is 16.5. The van der Waals surface area contributed by atoms with Gasteiger partial charge >= 0.3 is 23.8 Å². The molecule has 0 bridgehead atoms. The van der Waals surface area contributed by atoms with Crippen LogP contribution in [0, 0.1) is 0 Å². The third kappa shape index (κ3) is 5.78. The molecular weight excluding hydrogens is 494 g/mol. The predicted molar refractivity (Wildman–Crippen MR) is 133 cm³/mol. The van der Waals surface area contributed by atoms with Crippen LogP contribution < -0.4 is 20.1 Å². The maximum Gasteiger partial charge on any atom is 0.337 e. The largest absolute Gasteiger partial charge is 0.496 e. The molecule has 1 saturated heterocycles. The van der Waals surface area contributed by atoms with Crippen molar-refractivity contribution < 1.29 is 38.2 Å². The zero-order valence-corrected chi connectivity index (χ0v) is 20.5. The first kappa shape index (κ1) is 25.9. The van der Waals surface area contributed by atoms with Gasteiger partial charge in [-0.3, -0.25) is 24.6 Å². The molecule has 2 N–H and O–H groups in total. The molecule has 1 aliphatic rings. The molecular formula is C27H23N3O8. The Bertz CT molecular complexity index is 1400. The number of ether oxygens (including phenoxy) is 3. The SMILES string of the molecule is COC(=O)c1ccc(Oc2ccc(CNC(=O)c3cc(CN4C(=O)NC(=O)C4=O)ccc3OC)cc2)cc1. The Morgan fingerprint density at radius 1 is 0.868 bits per heavy atom. The van der Waals surface area contributed by atoms with E-state index >= 15 is 0 Å². The van der Waals surface area contributed by atoms with Crippen LogP contribution in [-0.4, -0.2) is 48.8 Å². The van der Waals surface area contributed by atoms with E-state index in [4.69, 9.17) is 9.47 Å². The number of hydrogen-bond donors (Lipinski definition) is 2. The minimum absolute atomic E-state index is 0.173. The van der Waals surface area contributed by atoms with Crippen molar-refractivity contribution in [2.24, 2.45) is 0 Å². The van der Waals surface area contributed by atoms with E-state index in [0.717, 1.165) is 10.5 Å². The van der Waals surface area contributed by atoms with Crippen molar-refractivity contribution >= 4 is 29.7 Å². The number of esters is 1. The van der Waals surface area contributed by atoms with Crippen molar-refractivity contribution in [1.82, 2.24) is 15.5 Å². The van der Waals surface area contributed by atoms with Crippen LogP contribution in [-0.2, 0) is 27.4 Å². The van der Waals surface area contributed by atoms with Crippen LogP contribution in [0.4, 0.5) is 4.79 Å². The first-order valence-electron chi connectivity index (χ1n) is 11.4. The summed E-state index contributed by atoms with van der Waals surface area (Å²) < 4.78 is 15.7. The second-order valence-corrected chi connectivity index (χ2v) is 8.13. The van der Waals surface area contributed by atoms with Gasteiger partial charge in [0, 0.05) is 6.54 Å². The predicted octanol–water partition coefficient (Wildman–Crippen LogP) is 2.78. The number of carbonyl (C=O) groups is 5. The second kappa shape index (κ2) is 11.2. The van der Waals surface area contributed by atoms with Crippen molar-refractivity contribution in [2.45, 2.75) is 13.1 Å². The van der Waals surface area contributed by atoms with Crippen LogP contribution in [0.5, 0.6) is 17.2 Å². The number of rotatable bonds is 9. The van der Waals surface area contributed by atoms with E-state index in [0.29, 0.717) is 28.4 Å². The number of imide groups is 2. The summed E-state index contributed by atoms with van der Waals surface area (Å²) in [5.41, 5.74) is 1.90. The van der Waals surface area contributed by atoms with Gasteiger partial charge in [-0.15, -0.1) is 0 Å². The summed E-state index contributed by atoms with van der Waals surface area (Å²) in [7, 11) is 2.73. The Hall–Kier alpha value is -5.19. The van der Waals surface area contributed by atoms with Crippen LogP contribution in [0.1, 0.15) is 31.8 Å². The van der Waals surface area contributed by atoms with Gasteiger partial charge in [-0.25, -0.2) is 9.59 Å². The van der Waals surface area contributed by atoms with Crippen molar-refractivity contribution in [3.63, 3.8) is 0 Å². The summed E-state index contributed by atoms with van der Waals surface area (Å²) >= 11 is 0. The number of urea groups is 1. The summed E-state index contributed by atoms with van der Waals surface area (Å²) in [4.78, 5) is 60.3. The average molecular weight is 517 g/mol. The van der Waals surface area contributed by atoms with E-state index in [1.54, 1.807) is 60.7 Å². The van der Waals surface area contributed by atoms with Gasteiger partial charge in [0.05, 0.1) is 31.9 Å². The zero-order chi connectivity index (χ0) is 27.2. The number of benzene rings is 3. The number of amides is 5. The Balaban J connectivity index is 1.37. The van der Waals surface area contributed by atoms with Crippen LogP contribution in [0.2, 0.25) is 0 Å². The van der Waals surface area contributed by atoms with Gasteiger partial charge in [-0.05, 0) is 59.7 Å². The molecule has 0 saturated carbocycles. The highest BCUT2D eigenvalue weighted by Crippen LogP contribution is 2.24. The summed E-state index contributed by atoms with van der Waals surface area (Å²) in [6.07, 6.45) is 0. The Labute approximate surface area is 217 Å². The fraction of sp³-hybridized carbons (Fsp3) is 0.148. The van der Waals surface area contributed by atoms with Gasteiger partial charge in [-0.1, -0.05) is 18.2 Å². The van der Waals surface area contributed by atoms with Crippen LogP contribution >= 0.6 is 0 Å².